The van der Waals surface area contributed by atoms with E-state index in [1.54, 1.807) is 0 Å². The Hall–Kier alpha value is -0.490. The fourth-order valence-electron chi connectivity index (χ4n) is 1.63. The van der Waals surface area contributed by atoms with E-state index in [1.807, 2.05) is 13.8 Å². The van der Waals surface area contributed by atoms with Crippen LogP contribution < -0.4 is 5.32 Å². The molecule has 0 heterocycles. The molecule has 0 unspecified atom stereocenters. The minimum absolute atomic E-state index is 0.000751. The Bertz CT molecular complexity index is 613. The number of carbonyl (C=O) groups is 1. The van der Waals surface area contributed by atoms with Crippen LogP contribution in [0.4, 0.5) is 0 Å². The van der Waals surface area contributed by atoms with Crippen molar-refractivity contribution in [3.8, 4) is 0 Å². The summed E-state index contributed by atoms with van der Waals surface area (Å²) in [5.74, 6) is -0.479. The number of halogens is 3. The van der Waals surface area contributed by atoms with Gasteiger partial charge in [0.15, 0.2) is 0 Å². The van der Waals surface area contributed by atoms with Crippen LogP contribution in [-0.2, 0) is 9.05 Å². The van der Waals surface area contributed by atoms with Gasteiger partial charge < -0.3 is 5.32 Å². The van der Waals surface area contributed by atoms with Crippen molar-refractivity contribution in [2.45, 2.75) is 37.6 Å². The summed E-state index contributed by atoms with van der Waals surface area (Å²) >= 11 is 11.8. The van der Waals surface area contributed by atoms with E-state index < -0.39 is 15.0 Å². The van der Waals surface area contributed by atoms with Gasteiger partial charge in [0.1, 0.15) is 0 Å². The van der Waals surface area contributed by atoms with Crippen LogP contribution in [0.1, 0.15) is 37.0 Å². The molecule has 8 heteroatoms. The molecule has 0 saturated carbocycles. The highest BCUT2D eigenvalue weighted by atomic mass is 35.7. The van der Waals surface area contributed by atoms with Crippen LogP contribution in [-0.4, -0.2) is 20.4 Å². The summed E-state index contributed by atoms with van der Waals surface area (Å²) in [7, 11) is 1.27. The van der Waals surface area contributed by atoms with E-state index in [-0.39, 0.29) is 26.5 Å². The molecule has 0 spiro atoms. The topological polar surface area (TPSA) is 63.2 Å². The molecule has 0 radical (unpaired) electrons. The first kappa shape index (κ1) is 17.6. The molecular weight excluding hydrogens is 345 g/mol. The Morgan fingerprint density at radius 1 is 1.25 bits per heavy atom. The predicted octanol–water partition coefficient (Wildman–Crippen LogP) is 3.84. The number of hydrogen-bond donors (Lipinski definition) is 1. The number of nitrogens with one attached hydrogen (secondary N) is 1. The lowest BCUT2D eigenvalue weighted by Gasteiger charge is -2.16. The van der Waals surface area contributed by atoms with Gasteiger partial charge in [0.25, 0.3) is 15.0 Å². The van der Waals surface area contributed by atoms with Crippen LogP contribution in [0, 0.1) is 0 Å². The third-order valence-corrected chi connectivity index (χ3v) is 4.98. The first-order chi connectivity index (χ1) is 9.20. The van der Waals surface area contributed by atoms with Crippen LogP contribution in [0.2, 0.25) is 10.0 Å². The Labute approximate surface area is 132 Å². The highest BCUT2D eigenvalue weighted by Gasteiger charge is 2.21. The smallest absolute Gasteiger partial charge is 0.261 e. The summed E-state index contributed by atoms with van der Waals surface area (Å²) in [4.78, 5) is 11.9. The van der Waals surface area contributed by atoms with Crippen molar-refractivity contribution in [2.24, 2.45) is 0 Å². The van der Waals surface area contributed by atoms with Gasteiger partial charge in [0, 0.05) is 16.7 Å². The van der Waals surface area contributed by atoms with E-state index in [2.05, 4.69) is 5.32 Å². The lowest BCUT2D eigenvalue weighted by molar-refractivity contribution is 0.0935. The second kappa shape index (κ2) is 6.98. The van der Waals surface area contributed by atoms with Gasteiger partial charge in [-0.25, -0.2) is 8.42 Å². The van der Waals surface area contributed by atoms with Gasteiger partial charge in [0.2, 0.25) is 0 Å². The van der Waals surface area contributed by atoms with Gasteiger partial charge in [0.05, 0.1) is 20.5 Å². The summed E-state index contributed by atoms with van der Waals surface area (Å²) in [5.41, 5.74) is -0.00899. The second-order valence-electron chi connectivity index (χ2n) is 4.19. The first-order valence-electron chi connectivity index (χ1n) is 5.95. The number of hydrogen-bond acceptors (Lipinski definition) is 3. The van der Waals surface area contributed by atoms with Crippen LogP contribution in [0.5, 0.6) is 0 Å². The minimum Gasteiger partial charge on any atom is -0.349 e. The summed E-state index contributed by atoms with van der Waals surface area (Å²) in [6.45, 7) is 3.87. The Morgan fingerprint density at radius 3 is 2.25 bits per heavy atom. The molecule has 112 valence electrons. The molecule has 0 fully saturated rings. The average molecular weight is 359 g/mol. The minimum atomic E-state index is -3.99. The van der Waals surface area contributed by atoms with Crippen LogP contribution in [0.3, 0.4) is 0 Å². The molecule has 1 N–H and O–H groups in total. The molecule has 0 aliphatic rings. The Morgan fingerprint density at radius 2 is 1.80 bits per heavy atom. The lowest BCUT2D eigenvalue weighted by atomic mass is 10.1. The molecule has 1 amide bonds. The fraction of sp³-hybridized carbons (Fsp3) is 0.417. The highest BCUT2D eigenvalue weighted by Crippen LogP contribution is 2.30. The maximum atomic E-state index is 12.1. The van der Waals surface area contributed by atoms with Gasteiger partial charge in [-0.3, -0.25) is 4.79 Å². The standard InChI is InChI=1S/C12H14Cl3NO3S/c1-3-7(4-2)16-12(17)9-5-8(20(15,18)19)6-10(13)11(9)14/h5-7H,3-4H2,1-2H3,(H,16,17). The van der Waals surface area contributed by atoms with Crippen molar-refractivity contribution in [3.05, 3.63) is 27.7 Å². The molecule has 0 atom stereocenters. The van der Waals surface area contributed by atoms with Crippen molar-refractivity contribution in [3.63, 3.8) is 0 Å². The number of rotatable bonds is 5. The number of carbonyl (C=O) groups excluding carboxylic acids is 1. The van der Waals surface area contributed by atoms with E-state index in [0.29, 0.717) is 0 Å². The molecule has 1 aromatic carbocycles. The van der Waals surface area contributed by atoms with E-state index in [1.165, 1.54) is 0 Å². The molecule has 1 aromatic rings. The average Bonchev–Trinajstić information content (AvgIpc) is 2.37. The SMILES string of the molecule is CCC(CC)NC(=O)c1cc(S(=O)(=O)Cl)cc(Cl)c1Cl. The lowest BCUT2D eigenvalue weighted by Crippen LogP contribution is -2.34. The van der Waals surface area contributed by atoms with Crippen molar-refractivity contribution in [1.82, 2.24) is 5.32 Å². The van der Waals surface area contributed by atoms with Gasteiger partial charge in [-0.1, -0.05) is 37.0 Å². The third kappa shape index (κ3) is 4.25. The van der Waals surface area contributed by atoms with E-state index in [9.17, 15) is 13.2 Å². The molecule has 0 saturated heterocycles. The molecule has 0 aliphatic heterocycles. The molecule has 4 nitrogen and oxygen atoms in total. The second-order valence-corrected chi connectivity index (χ2v) is 7.54. The largest absolute Gasteiger partial charge is 0.349 e. The monoisotopic (exact) mass is 357 g/mol. The van der Waals surface area contributed by atoms with E-state index in [0.717, 1.165) is 25.0 Å². The predicted molar refractivity (Wildman–Crippen MR) is 81.3 cm³/mol. The molecule has 0 bridgehead atoms. The first-order valence-corrected chi connectivity index (χ1v) is 9.01. The zero-order chi connectivity index (χ0) is 15.5. The van der Waals surface area contributed by atoms with Gasteiger partial charge in [-0.05, 0) is 25.0 Å². The molecular formula is C12H14Cl3NO3S. The normalized spacial score (nSPS) is 11.7. The summed E-state index contributed by atoms with van der Waals surface area (Å²) in [5, 5.41) is 2.72. The molecule has 20 heavy (non-hydrogen) atoms. The van der Waals surface area contributed by atoms with Gasteiger partial charge >= 0.3 is 0 Å². The zero-order valence-corrected chi connectivity index (χ0v) is 14.0. The van der Waals surface area contributed by atoms with Crippen molar-refractivity contribution in [2.75, 3.05) is 0 Å². The number of benzene rings is 1. The van der Waals surface area contributed by atoms with Crippen LogP contribution >= 0.6 is 33.9 Å². The van der Waals surface area contributed by atoms with E-state index in [4.69, 9.17) is 33.9 Å². The van der Waals surface area contributed by atoms with Gasteiger partial charge in [-0.15, -0.1) is 0 Å². The quantitative estimate of drug-likeness (QED) is 0.813. The highest BCUT2D eigenvalue weighted by molar-refractivity contribution is 8.13. The third-order valence-electron chi connectivity index (χ3n) is 2.85. The van der Waals surface area contributed by atoms with Crippen LogP contribution in [0.25, 0.3) is 0 Å². The molecule has 0 aliphatic carbocycles. The van der Waals surface area contributed by atoms with Crippen molar-refractivity contribution < 1.29 is 13.2 Å². The molecule has 1 rings (SSSR count). The maximum Gasteiger partial charge on any atom is 0.261 e. The number of amides is 1. The van der Waals surface area contributed by atoms with Gasteiger partial charge in [-0.2, -0.15) is 0 Å². The van der Waals surface area contributed by atoms with E-state index >= 15 is 0 Å². The Kier molecular flexibility index (Phi) is 6.13. The van der Waals surface area contributed by atoms with Crippen LogP contribution in [0.15, 0.2) is 17.0 Å². The molecule has 0 aromatic heterocycles. The maximum absolute atomic E-state index is 12.1. The summed E-state index contributed by atoms with van der Waals surface area (Å²) in [6, 6.07) is 2.21. The summed E-state index contributed by atoms with van der Waals surface area (Å²) < 4.78 is 22.7. The van der Waals surface area contributed by atoms with Crippen molar-refractivity contribution in [1.29, 1.82) is 0 Å². The zero-order valence-electron chi connectivity index (χ0n) is 10.9. The Balaban J connectivity index is 3.24. The fourth-order valence-corrected chi connectivity index (χ4v) is 2.89. The summed E-state index contributed by atoms with van der Waals surface area (Å²) in [6.07, 6.45) is 1.50. The van der Waals surface area contributed by atoms with Crippen molar-refractivity contribution >= 4 is 48.8 Å².